The van der Waals surface area contributed by atoms with Gasteiger partial charge in [-0.1, -0.05) is 12.1 Å². The van der Waals surface area contributed by atoms with Crippen LogP contribution >= 0.6 is 0 Å². The van der Waals surface area contributed by atoms with Gasteiger partial charge in [-0.25, -0.2) is 4.39 Å². The van der Waals surface area contributed by atoms with Crippen LogP contribution in [-0.4, -0.2) is 0 Å². The highest BCUT2D eigenvalue weighted by Crippen LogP contribution is 2.15. The van der Waals surface area contributed by atoms with E-state index in [2.05, 4.69) is 6.58 Å². The van der Waals surface area contributed by atoms with Gasteiger partial charge in [-0.15, -0.1) is 6.58 Å². The Kier molecular flexibility index (Phi) is 2.81. The van der Waals surface area contributed by atoms with Crippen LogP contribution in [0.15, 0.2) is 24.8 Å². The molecule has 0 heterocycles. The van der Waals surface area contributed by atoms with E-state index in [1.165, 1.54) is 6.07 Å². The van der Waals surface area contributed by atoms with Crippen molar-refractivity contribution in [3.05, 3.63) is 47.3 Å². The molecule has 0 unspecified atom stereocenters. The van der Waals surface area contributed by atoms with E-state index in [1.807, 2.05) is 12.1 Å². The third-order valence-electron chi connectivity index (χ3n) is 1.84. The average Bonchev–Trinajstić information content (AvgIpc) is 2.04. The topological polar surface area (TPSA) is 23.8 Å². The van der Waals surface area contributed by atoms with Crippen LogP contribution in [-0.2, 0) is 6.42 Å². The van der Waals surface area contributed by atoms with Crippen molar-refractivity contribution in [1.29, 1.82) is 5.26 Å². The monoisotopic (exact) mass is 175 g/mol. The van der Waals surface area contributed by atoms with Crippen LogP contribution in [0.2, 0.25) is 0 Å². The summed E-state index contributed by atoms with van der Waals surface area (Å²) in [4.78, 5) is 0. The van der Waals surface area contributed by atoms with Gasteiger partial charge < -0.3 is 0 Å². The quantitative estimate of drug-likeness (QED) is 0.634. The van der Waals surface area contributed by atoms with Gasteiger partial charge in [0.25, 0.3) is 0 Å². The highest BCUT2D eigenvalue weighted by molar-refractivity contribution is 5.41. The highest BCUT2D eigenvalue weighted by atomic mass is 19.1. The Morgan fingerprint density at radius 2 is 2.31 bits per heavy atom. The lowest BCUT2D eigenvalue weighted by atomic mass is 10.0. The number of benzene rings is 1. The standard InChI is InChI=1S/C11H10FN/c1-3-4-9-5-8(2)10(7-13)11(12)6-9/h3,5-6H,1,4H2,2H3. The molecule has 0 saturated carbocycles. The summed E-state index contributed by atoms with van der Waals surface area (Å²) in [5.74, 6) is -0.445. The molecule has 13 heavy (non-hydrogen) atoms. The average molecular weight is 175 g/mol. The second-order valence-electron chi connectivity index (χ2n) is 2.87. The van der Waals surface area contributed by atoms with Gasteiger partial charge in [0.2, 0.25) is 0 Å². The highest BCUT2D eigenvalue weighted by Gasteiger charge is 2.06. The van der Waals surface area contributed by atoms with Crippen LogP contribution in [0, 0.1) is 24.1 Å². The van der Waals surface area contributed by atoms with Crippen molar-refractivity contribution >= 4 is 0 Å². The first-order chi connectivity index (χ1) is 6.19. The van der Waals surface area contributed by atoms with E-state index in [4.69, 9.17) is 5.26 Å². The first-order valence-corrected chi connectivity index (χ1v) is 3.99. The fourth-order valence-electron chi connectivity index (χ4n) is 1.24. The molecule has 0 spiro atoms. The smallest absolute Gasteiger partial charge is 0.141 e. The molecule has 0 aromatic heterocycles. The molecule has 0 aliphatic carbocycles. The number of hydrogen-bond donors (Lipinski definition) is 0. The van der Waals surface area contributed by atoms with Gasteiger partial charge in [-0.05, 0) is 30.5 Å². The molecule has 1 nitrogen and oxygen atoms in total. The molecule has 0 fully saturated rings. The molecule has 0 aliphatic rings. The Morgan fingerprint density at radius 1 is 1.62 bits per heavy atom. The van der Waals surface area contributed by atoms with E-state index in [0.717, 1.165) is 5.56 Å². The summed E-state index contributed by atoms with van der Waals surface area (Å²) in [6, 6.07) is 5.02. The van der Waals surface area contributed by atoms with Crippen molar-refractivity contribution in [2.24, 2.45) is 0 Å². The van der Waals surface area contributed by atoms with Crippen molar-refractivity contribution in [3.8, 4) is 6.07 Å². The number of rotatable bonds is 2. The Labute approximate surface area is 77.1 Å². The molecule has 66 valence electrons. The van der Waals surface area contributed by atoms with Crippen molar-refractivity contribution in [2.75, 3.05) is 0 Å². The van der Waals surface area contributed by atoms with Gasteiger partial charge >= 0.3 is 0 Å². The molecule has 0 bridgehead atoms. The number of nitrogens with zero attached hydrogens (tertiary/aromatic N) is 1. The van der Waals surface area contributed by atoms with Crippen molar-refractivity contribution in [2.45, 2.75) is 13.3 Å². The van der Waals surface area contributed by atoms with E-state index < -0.39 is 5.82 Å². The summed E-state index contributed by atoms with van der Waals surface area (Å²) in [5.41, 5.74) is 1.66. The predicted molar refractivity (Wildman–Crippen MR) is 49.8 cm³/mol. The minimum atomic E-state index is -0.445. The molecule has 0 atom stereocenters. The molecule has 0 amide bonds. The van der Waals surface area contributed by atoms with Crippen molar-refractivity contribution in [1.82, 2.24) is 0 Å². The fraction of sp³-hybridized carbons (Fsp3) is 0.182. The summed E-state index contributed by atoms with van der Waals surface area (Å²) in [6.45, 7) is 5.30. The lowest BCUT2D eigenvalue weighted by Crippen LogP contribution is -1.92. The Balaban J connectivity index is 3.21. The minimum Gasteiger partial charge on any atom is -0.206 e. The van der Waals surface area contributed by atoms with Crippen LogP contribution in [0.4, 0.5) is 4.39 Å². The third-order valence-corrected chi connectivity index (χ3v) is 1.84. The number of nitriles is 1. The van der Waals surface area contributed by atoms with E-state index in [1.54, 1.807) is 13.0 Å². The van der Waals surface area contributed by atoms with Crippen molar-refractivity contribution < 1.29 is 4.39 Å². The zero-order valence-corrected chi connectivity index (χ0v) is 7.47. The second kappa shape index (κ2) is 3.86. The summed E-state index contributed by atoms with van der Waals surface area (Å²) in [5, 5.41) is 8.61. The molecule has 1 aromatic carbocycles. The van der Waals surface area contributed by atoms with E-state index in [9.17, 15) is 4.39 Å². The lowest BCUT2D eigenvalue weighted by Gasteiger charge is -2.02. The minimum absolute atomic E-state index is 0.132. The normalized spacial score (nSPS) is 9.31. The van der Waals surface area contributed by atoms with Gasteiger partial charge in [0, 0.05) is 0 Å². The molecule has 2 heteroatoms. The predicted octanol–water partition coefficient (Wildman–Crippen LogP) is 2.73. The molecular formula is C11H10FN. The van der Waals surface area contributed by atoms with Crippen LogP contribution in [0.25, 0.3) is 0 Å². The largest absolute Gasteiger partial charge is 0.206 e. The van der Waals surface area contributed by atoms with Crippen LogP contribution in [0.3, 0.4) is 0 Å². The lowest BCUT2D eigenvalue weighted by molar-refractivity contribution is 0.620. The Bertz CT molecular complexity index is 351. The van der Waals surface area contributed by atoms with Crippen LogP contribution < -0.4 is 0 Å². The van der Waals surface area contributed by atoms with Gasteiger partial charge in [0.15, 0.2) is 0 Å². The van der Waals surface area contributed by atoms with Gasteiger partial charge in [0.1, 0.15) is 11.9 Å². The summed E-state index contributed by atoms with van der Waals surface area (Å²) < 4.78 is 13.2. The molecule has 1 rings (SSSR count). The first-order valence-electron chi connectivity index (χ1n) is 3.99. The van der Waals surface area contributed by atoms with Crippen LogP contribution in [0.1, 0.15) is 16.7 Å². The van der Waals surface area contributed by atoms with Gasteiger partial charge in [-0.3, -0.25) is 0 Å². The Morgan fingerprint density at radius 3 is 2.77 bits per heavy atom. The fourth-order valence-corrected chi connectivity index (χ4v) is 1.24. The Hall–Kier alpha value is -1.62. The van der Waals surface area contributed by atoms with E-state index in [-0.39, 0.29) is 5.56 Å². The van der Waals surface area contributed by atoms with Gasteiger partial charge in [-0.2, -0.15) is 5.26 Å². The number of aryl methyl sites for hydroxylation is 1. The molecule has 0 saturated heterocycles. The second-order valence-corrected chi connectivity index (χ2v) is 2.87. The zero-order chi connectivity index (χ0) is 9.84. The number of hydrogen-bond acceptors (Lipinski definition) is 1. The molecule has 0 radical (unpaired) electrons. The first kappa shape index (κ1) is 9.47. The number of halogens is 1. The van der Waals surface area contributed by atoms with Crippen molar-refractivity contribution in [3.63, 3.8) is 0 Å². The van der Waals surface area contributed by atoms with E-state index >= 15 is 0 Å². The summed E-state index contributed by atoms with van der Waals surface area (Å²) >= 11 is 0. The van der Waals surface area contributed by atoms with Crippen LogP contribution in [0.5, 0.6) is 0 Å². The van der Waals surface area contributed by atoms with E-state index in [0.29, 0.717) is 12.0 Å². The molecule has 0 aliphatic heterocycles. The molecule has 1 aromatic rings. The molecular weight excluding hydrogens is 165 g/mol. The number of allylic oxidation sites excluding steroid dienone is 1. The maximum atomic E-state index is 13.2. The summed E-state index contributed by atoms with van der Waals surface area (Å²) in [7, 11) is 0. The maximum Gasteiger partial charge on any atom is 0.141 e. The SMILES string of the molecule is C=CCc1cc(C)c(C#N)c(F)c1. The maximum absolute atomic E-state index is 13.2. The third kappa shape index (κ3) is 1.94. The zero-order valence-electron chi connectivity index (χ0n) is 7.47. The summed E-state index contributed by atoms with van der Waals surface area (Å²) in [6.07, 6.45) is 2.34. The molecule has 0 N–H and O–H groups in total. The van der Waals surface area contributed by atoms with Gasteiger partial charge in [0.05, 0.1) is 5.56 Å².